The third-order valence-corrected chi connectivity index (χ3v) is 4.69. The Morgan fingerprint density at radius 1 is 1.50 bits per heavy atom. The minimum Gasteiger partial charge on any atom is -0.387 e. The molecular weight excluding hydrogens is 294 g/mol. The van der Waals surface area contributed by atoms with Crippen molar-refractivity contribution in [2.45, 2.75) is 24.9 Å². The zero-order chi connectivity index (χ0) is 14.8. The lowest BCUT2D eigenvalue weighted by Crippen LogP contribution is -2.43. The first-order valence-electron chi connectivity index (χ1n) is 6.67. The molecule has 0 aliphatic heterocycles. The van der Waals surface area contributed by atoms with Gasteiger partial charge in [0.25, 0.3) is 0 Å². The second kappa shape index (κ2) is 6.37. The van der Waals surface area contributed by atoms with Crippen molar-refractivity contribution in [1.29, 1.82) is 0 Å². The van der Waals surface area contributed by atoms with Crippen LogP contribution in [0.15, 0.2) is 24.3 Å². The summed E-state index contributed by atoms with van der Waals surface area (Å²) in [6, 6.07) is 7.66. The highest BCUT2D eigenvalue weighted by atomic mass is 35.5. The molecule has 1 aliphatic rings. The van der Waals surface area contributed by atoms with E-state index >= 15 is 0 Å². The van der Waals surface area contributed by atoms with Crippen molar-refractivity contribution >= 4 is 29.3 Å². The third-order valence-electron chi connectivity index (χ3n) is 3.52. The molecule has 0 aromatic heterocycles. The summed E-state index contributed by atoms with van der Waals surface area (Å²) in [7, 11) is 0. The van der Waals surface area contributed by atoms with Crippen LogP contribution >= 0.6 is 23.4 Å². The van der Waals surface area contributed by atoms with Gasteiger partial charge in [-0.05, 0) is 43.2 Å². The molecule has 0 saturated heterocycles. The van der Waals surface area contributed by atoms with Gasteiger partial charge in [0.2, 0.25) is 5.91 Å². The summed E-state index contributed by atoms with van der Waals surface area (Å²) < 4.78 is 0. The molecule has 1 saturated carbocycles. The minimum atomic E-state index is -0.847. The Bertz CT molecular complexity index is 475. The first-order chi connectivity index (χ1) is 9.43. The van der Waals surface area contributed by atoms with Crippen LogP contribution in [0.2, 0.25) is 5.02 Å². The van der Waals surface area contributed by atoms with Crippen LogP contribution in [0.4, 0.5) is 0 Å². The van der Waals surface area contributed by atoms with Gasteiger partial charge < -0.3 is 10.4 Å². The molecule has 110 valence electrons. The topological polar surface area (TPSA) is 49.3 Å². The van der Waals surface area contributed by atoms with Crippen LogP contribution in [0.5, 0.6) is 0 Å². The molecule has 3 atom stereocenters. The lowest BCUT2D eigenvalue weighted by molar-refractivity contribution is -0.123. The smallest absolute Gasteiger partial charge is 0.223 e. The number of benzene rings is 1. The molecule has 1 aliphatic carbocycles. The van der Waals surface area contributed by atoms with Gasteiger partial charge in [-0.1, -0.05) is 23.7 Å². The molecule has 0 radical (unpaired) electrons. The first-order valence-corrected chi connectivity index (χ1v) is 8.44. The number of hydrogen-bond donors (Lipinski definition) is 2. The fraction of sp³-hybridized carbons (Fsp3) is 0.533. The molecule has 1 fully saturated rings. The Labute approximate surface area is 129 Å². The lowest BCUT2D eigenvalue weighted by Gasteiger charge is -2.22. The third kappa shape index (κ3) is 4.14. The SMILES string of the molecule is CSC[C@](C)(O)CNC(=O)[C@H]1C[C@@H]1c1ccc(Cl)cc1. The zero-order valence-corrected chi connectivity index (χ0v) is 13.3. The van der Waals surface area contributed by atoms with E-state index in [0.29, 0.717) is 17.3 Å². The predicted molar refractivity (Wildman–Crippen MR) is 84.3 cm³/mol. The van der Waals surface area contributed by atoms with Crippen molar-refractivity contribution in [3.63, 3.8) is 0 Å². The highest BCUT2D eigenvalue weighted by Gasteiger charge is 2.44. The second-order valence-electron chi connectivity index (χ2n) is 5.65. The number of hydrogen-bond acceptors (Lipinski definition) is 3. The number of thioether (sulfide) groups is 1. The lowest BCUT2D eigenvalue weighted by atomic mass is 10.1. The maximum absolute atomic E-state index is 12.1. The number of nitrogens with one attached hydrogen (secondary N) is 1. The van der Waals surface area contributed by atoms with Crippen LogP contribution in [-0.4, -0.2) is 35.2 Å². The minimum absolute atomic E-state index is 0.0289. The summed E-state index contributed by atoms with van der Waals surface area (Å²) in [5.41, 5.74) is 0.310. The monoisotopic (exact) mass is 313 g/mol. The molecule has 1 aromatic rings. The van der Waals surface area contributed by atoms with Crippen molar-refractivity contribution < 1.29 is 9.90 Å². The molecule has 0 spiro atoms. The van der Waals surface area contributed by atoms with Gasteiger partial charge in [0.05, 0.1) is 5.60 Å². The number of rotatable bonds is 6. The summed E-state index contributed by atoms with van der Waals surface area (Å²) in [6.45, 7) is 2.05. The summed E-state index contributed by atoms with van der Waals surface area (Å²) in [4.78, 5) is 12.1. The van der Waals surface area contributed by atoms with Gasteiger partial charge in [0.15, 0.2) is 0 Å². The maximum atomic E-state index is 12.1. The van der Waals surface area contributed by atoms with Gasteiger partial charge in [-0.3, -0.25) is 4.79 Å². The van der Waals surface area contributed by atoms with E-state index in [-0.39, 0.29) is 17.7 Å². The second-order valence-corrected chi connectivity index (χ2v) is 6.95. The number of carbonyl (C=O) groups is 1. The van der Waals surface area contributed by atoms with Crippen molar-refractivity contribution in [2.24, 2.45) is 5.92 Å². The van der Waals surface area contributed by atoms with E-state index in [4.69, 9.17) is 11.6 Å². The molecule has 1 amide bonds. The van der Waals surface area contributed by atoms with Gasteiger partial charge in [-0.25, -0.2) is 0 Å². The first kappa shape index (κ1) is 15.7. The molecule has 20 heavy (non-hydrogen) atoms. The summed E-state index contributed by atoms with van der Waals surface area (Å²) in [5, 5.41) is 13.6. The van der Waals surface area contributed by atoms with Crippen molar-refractivity contribution in [3.05, 3.63) is 34.9 Å². The van der Waals surface area contributed by atoms with Gasteiger partial charge in [-0.15, -0.1) is 0 Å². The average Bonchev–Trinajstić information content (AvgIpc) is 3.17. The fourth-order valence-corrected chi connectivity index (χ4v) is 3.18. The van der Waals surface area contributed by atoms with Gasteiger partial charge in [0.1, 0.15) is 0 Å². The quantitative estimate of drug-likeness (QED) is 0.849. The Balaban J connectivity index is 1.83. The van der Waals surface area contributed by atoms with E-state index in [1.165, 1.54) is 0 Å². The molecule has 0 bridgehead atoms. The molecular formula is C15H20ClNO2S. The Hall–Kier alpha value is -0.710. The van der Waals surface area contributed by atoms with Gasteiger partial charge in [-0.2, -0.15) is 11.8 Å². The maximum Gasteiger partial charge on any atom is 0.223 e. The summed E-state index contributed by atoms with van der Waals surface area (Å²) in [5.74, 6) is 0.962. The van der Waals surface area contributed by atoms with Gasteiger partial charge >= 0.3 is 0 Å². The van der Waals surface area contributed by atoms with E-state index < -0.39 is 5.60 Å². The number of carbonyl (C=O) groups excluding carboxylic acids is 1. The number of halogens is 1. The molecule has 0 unspecified atom stereocenters. The van der Waals surface area contributed by atoms with Gasteiger partial charge in [0, 0.05) is 23.2 Å². The Kier molecular flexibility index (Phi) is 4.99. The molecule has 5 heteroatoms. The summed E-state index contributed by atoms with van der Waals surface area (Å²) in [6.07, 6.45) is 2.81. The molecule has 2 N–H and O–H groups in total. The van der Waals surface area contributed by atoms with E-state index in [9.17, 15) is 9.90 Å². The van der Waals surface area contributed by atoms with Crippen LogP contribution in [0.3, 0.4) is 0 Å². The number of aliphatic hydroxyl groups is 1. The van der Waals surface area contributed by atoms with Crippen molar-refractivity contribution in [3.8, 4) is 0 Å². The Morgan fingerprint density at radius 2 is 2.15 bits per heavy atom. The van der Waals surface area contributed by atoms with E-state index in [1.54, 1.807) is 18.7 Å². The Morgan fingerprint density at radius 3 is 2.75 bits per heavy atom. The van der Waals surface area contributed by atoms with Crippen LogP contribution in [0.25, 0.3) is 0 Å². The summed E-state index contributed by atoms with van der Waals surface area (Å²) >= 11 is 7.43. The largest absolute Gasteiger partial charge is 0.387 e. The number of amides is 1. The van der Waals surface area contributed by atoms with Crippen molar-refractivity contribution in [2.75, 3.05) is 18.6 Å². The van der Waals surface area contributed by atoms with Crippen LogP contribution in [0, 0.1) is 5.92 Å². The molecule has 3 nitrogen and oxygen atoms in total. The molecule has 2 rings (SSSR count). The molecule has 0 heterocycles. The van der Waals surface area contributed by atoms with Crippen molar-refractivity contribution in [1.82, 2.24) is 5.32 Å². The van der Waals surface area contributed by atoms with Crippen LogP contribution in [0.1, 0.15) is 24.8 Å². The standard InChI is InChI=1S/C15H20ClNO2S/c1-15(19,9-20-2)8-17-14(18)13-7-12(13)10-3-5-11(16)6-4-10/h3-6,12-13,19H,7-9H2,1-2H3,(H,17,18)/t12-,13+,15-/m1/s1. The zero-order valence-electron chi connectivity index (χ0n) is 11.7. The molecule has 1 aromatic carbocycles. The van der Waals surface area contributed by atoms with Crippen LogP contribution < -0.4 is 5.32 Å². The highest BCUT2D eigenvalue weighted by Crippen LogP contribution is 2.47. The normalized spacial score (nSPS) is 24.0. The fourth-order valence-electron chi connectivity index (χ4n) is 2.33. The van der Waals surface area contributed by atoms with E-state index in [0.717, 1.165) is 12.0 Å². The predicted octanol–water partition coefficient (Wildman–Crippen LogP) is 2.67. The highest BCUT2D eigenvalue weighted by molar-refractivity contribution is 7.98. The van der Waals surface area contributed by atoms with E-state index in [1.807, 2.05) is 30.5 Å². The average molecular weight is 314 g/mol. The van der Waals surface area contributed by atoms with Crippen LogP contribution in [-0.2, 0) is 4.79 Å². The van der Waals surface area contributed by atoms with E-state index in [2.05, 4.69) is 5.32 Å².